The van der Waals surface area contributed by atoms with E-state index in [0.717, 1.165) is 6.54 Å². The van der Waals surface area contributed by atoms with Crippen LogP contribution in [-0.2, 0) is 47.8 Å². The zero-order valence-corrected chi connectivity index (χ0v) is 46.8. The molecule has 5 aliphatic heterocycles. The number of Topliss-reactive ketones (excluding diaryl/α,β-unsaturated/α-hetero) is 2. The summed E-state index contributed by atoms with van der Waals surface area (Å²) in [6.45, 7) is 21.3. The number of allylic oxidation sites excluding steroid dienone is 3. The van der Waals surface area contributed by atoms with Crippen molar-refractivity contribution in [3.63, 3.8) is 0 Å². The van der Waals surface area contributed by atoms with E-state index in [-0.39, 0.29) is 76.5 Å². The lowest BCUT2D eigenvalue weighted by molar-refractivity contribution is -0.164. The molecule has 10 atom stereocenters. The van der Waals surface area contributed by atoms with Gasteiger partial charge in [0.1, 0.15) is 59.5 Å². The number of benzene rings is 1. The number of likely N-dealkylation sites (tertiary alicyclic amines) is 1. The van der Waals surface area contributed by atoms with Gasteiger partial charge in [0.25, 0.3) is 11.7 Å². The average Bonchev–Trinajstić information content (AvgIpc) is 4.05. The number of rotatable bonds is 15. The largest absolute Gasteiger partial charge is 0.507 e. The van der Waals surface area contributed by atoms with E-state index in [9.17, 15) is 53.7 Å². The van der Waals surface area contributed by atoms with Gasteiger partial charge in [-0.3, -0.25) is 39.1 Å². The minimum Gasteiger partial charge on any atom is -0.507 e. The molecule has 1 spiro atoms. The number of hydrogen-bond acceptors (Lipinski definition) is 18. The number of amides is 2. The van der Waals surface area contributed by atoms with Crippen LogP contribution in [0.1, 0.15) is 148 Å². The highest BCUT2D eigenvalue weighted by molar-refractivity contribution is 6.23. The summed E-state index contributed by atoms with van der Waals surface area (Å²) in [6.07, 6.45) is 6.72. The number of aliphatic hydroxyl groups excluding tert-OH is 2. The summed E-state index contributed by atoms with van der Waals surface area (Å²) in [5, 5.41) is 45.2. The molecule has 0 radical (unpaired) electrons. The molecule has 6 aliphatic rings. The fourth-order valence-electron chi connectivity index (χ4n) is 11.1. The second-order valence-electron chi connectivity index (χ2n) is 22.4. The molecular formula is C58H79N5O15. The first-order chi connectivity index (χ1) is 36.8. The fraction of sp³-hybridized carbons (Fsp3) is 0.603. The number of fused-ring (bicyclic) bond motifs is 13. The third-order valence-electron chi connectivity index (χ3n) is 15.9. The lowest BCUT2D eigenvalue weighted by Gasteiger charge is -2.39. The topological polar surface area (TPSA) is 286 Å². The molecule has 0 saturated carbocycles. The van der Waals surface area contributed by atoms with Crippen LogP contribution in [0, 0.1) is 42.4 Å². The van der Waals surface area contributed by atoms with E-state index >= 15 is 0 Å². The lowest BCUT2D eigenvalue weighted by atomic mass is 9.77. The van der Waals surface area contributed by atoms with Gasteiger partial charge in [-0.25, -0.2) is 0 Å². The number of esters is 2. The van der Waals surface area contributed by atoms with Crippen LogP contribution in [0.25, 0.3) is 5.76 Å². The second kappa shape index (κ2) is 25.5. The van der Waals surface area contributed by atoms with Crippen molar-refractivity contribution in [2.45, 2.75) is 169 Å². The number of aromatic hydroxyl groups is 1. The number of piperidine rings is 1. The van der Waals surface area contributed by atoms with E-state index in [4.69, 9.17) is 23.9 Å². The van der Waals surface area contributed by atoms with Crippen molar-refractivity contribution in [3.8, 4) is 11.5 Å². The second-order valence-corrected chi connectivity index (χ2v) is 22.4. The Morgan fingerprint density at radius 1 is 0.885 bits per heavy atom. The molecule has 78 heavy (non-hydrogen) atoms. The Morgan fingerprint density at radius 2 is 1.54 bits per heavy atom. The summed E-state index contributed by atoms with van der Waals surface area (Å²) in [7, 11) is 0. The van der Waals surface area contributed by atoms with E-state index in [2.05, 4.69) is 34.7 Å². The van der Waals surface area contributed by atoms with Gasteiger partial charge in [-0.05, 0) is 63.4 Å². The Bertz CT molecular complexity index is 2660. The van der Waals surface area contributed by atoms with E-state index < -0.39 is 107 Å². The Labute approximate surface area is 456 Å². The summed E-state index contributed by atoms with van der Waals surface area (Å²) in [5.41, 5.74) is -0.00664. The highest BCUT2D eigenvalue weighted by atomic mass is 16.7. The summed E-state index contributed by atoms with van der Waals surface area (Å²) < 4.78 is 24.6. The maximum Gasteiger partial charge on any atom is 0.312 e. The molecule has 20 nitrogen and oxygen atoms in total. The van der Waals surface area contributed by atoms with E-state index in [1.165, 1.54) is 26.2 Å². The van der Waals surface area contributed by atoms with Gasteiger partial charge >= 0.3 is 17.7 Å². The number of ether oxygens (including phenoxy) is 4. The van der Waals surface area contributed by atoms with Gasteiger partial charge < -0.3 is 59.4 Å². The number of phenolic OH excluding ortho intramolecular Hbond substituents is 1. The number of aldehydes is 2. The molecule has 426 valence electrons. The van der Waals surface area contributed by atoms with Crippen LogP contribution in [0.3, 0.4) is 0 Å². The minimum absolute atomic E-state index is 0.00734. The smallest absolute Gasteiger partial charge is 0.312 e. The monoisotopic (exact) mass is 1090 g/mol. The summed E-state index contributed by atoms with van der Waals surface area (Å²) in [5.74, 6) is -8.66. The molecule has 1 unspecified atom stereocenters. The number of ketones is 2. The fourth-order valence-corrected chi connectivity index (χ4v) is 11.1. The predicted molar refractivity (Wildman–Crippen MR) is 288 cm³/mol. The van der Waals surface area contributed by atoms with E-state index in [0.29, 0.717) is 63.0 Å². The molecule has 1 aromatic carbocycles. The standard InChI is InChI=1S/C58H79N5O15/c1-30(2)27-63-24-22-58(23-25-63)61-46-43-44-50(71)37(9)54-45(43)55(73)57(11,78-54)75-26-21-31(3)34(6)53(76-38(10)66)36(8)49(70)35(7)52(32(4)15-14-16-33(5)56(74)60-48(51(44)72)47(46)62-58)77-42(69)20-19-40(67)17-12-13-18-41(68)59-39(28-64)29-65/h14-16,21,26,28-32,34-36,39,47,49,52-53,62,70-72H,12-13,17-20,22-25,27H2,1-11H3,(H,59,68)(H,60,74)/b15-14+,26-21+,33-16-/t31-,32-,34+,35-,36+,47?,49+,52-,53+,57-/m0/s1. The van der Waals surface area contributed by atoms with Crippen molar-refractivity contribution in [2.24, 2.45) is 40.5 Å². The van der Waals surface area contributed by atoms with Gasteiger partial charge in [-0.15, -0.1) is 0 Å². The molecule has 0 aromatic heterocycles. The van der Waals surface area contributed by atoms with Crippen LogP contribution in [-0.4, -0.2) is 135 Å². The van der Waals surface area contributed by atoms with Crippen LogP contribution in [0.15, 0.2) is 46.8 Å². The third-order valence-corrected chi connectivity index (χ3v) is 15.9. The Balaban J connectivity index is 1.34. The number of carbonyl (C=O) groups excluding carboxylic acids is 8. The molecule has 5 heterocycles. The highest BCUT2D eigenvalue weighted by Gasteiger charge is 2.55. The first kappa shape index (κ1) is 60.7. The molecule has 2 amide bonds. The van der Waals surface area contributed by atoms with Crippen LogP contribution in [0.5, 0.6) is 11.5 Å². The van der Waals surface area contributed by atoms with Crippen molar-refractivity contribution in [3.05, 3.63) is 64.1 Å². The number of nitrogens with one attached hydrogen (secondary N) is 3. The summed E-state index contributed by atoms with van der Waals surface area (Å²) >= 11 is 0. The molecule has 5 bridgehead atoms. The van der Waals surface area contributed by atoms with Gasteiger partial charge in [0.2, 0.25) is 5.91 Å². The van der Waals surface area contributed by atoms with Gasteiger partial charge in [-0.2, -0.15) is 0 Å². The van der Waals surface area contributed by atoms with Gasteiger partial charge in [-0.1, -0.05) is 66.7 Å². The lowest BCUT2D eigenvalue weighted by Crippen LogP contribution is -2.54. The minimum atomic E-state index is -1.96. The number of unbranched alkanes of at least 4 members (excludes halogenated alkanes) is 1. The molecule has 1 fully saturated rings. The Kier molecular flexibility index (Phi) is 19.9. The zero-order valence-electron chi connectivity index (χ0n) is 46.8. The van der Waals surface area contributed by atoms with Crippen LogP contribution < -0.4 is 20.7 Å². The SMILES string of the molecule is CC(=O)O[C@H]1[C@H](C)[C@H](O)[C@H](C)[C@@H](OC(=O)CCC(=O)CCCCC(=O)NC(C=O)C=O)[C@@H](C)/C=C/C=C(/C)C(=O)NC2=C(O)c3c(O)c(C)c4c(c3C3=NC5(CCN(CC(C)C)CC5)NC32)C(=O)[C@@](C)(O/C=C/[C@H](C)[C@H]1C)O4. The van der Waals surface area contributed by atoms with Crippen molar-refractivity contribution >= 4 is 59.4 Å². The molecule has 1 saturated heterocycles. The number of nitrogens with zero attached hydrogens (tertiary/aromatic N) is 2. The number of phenols is 1. The summed E-state index contributed by atoms with van der Waals surface area (Å²) in [6, 6.07) is -2.17. The van der Waals surface area contributed by atoms with Crippen LogP contribution in [0.2, 0.25) is 0 Å². The number of carbonyl (C=O) groups is 8. The molecule has 20 heteroatoms. The van der Waals surface area contributed by atoms with Crippen molar-refractivity contribution < 1.29 is 72.6 Å². The van der Waals surface area contributed by atoms with Gasteiger partial charge in [0, 0.05) is 87.2 Å². The van der Waals surface area contributed by atoms with Crippen LogP contribution in [0.4, 0.5) is 0 Å². The zero-order chi connectivity index (χ0) is 57.6. The quantitative estimate of drug-likeness (QED) is 0.0525. The highest BCUT2D eigenvalue weighted by Crippen LogP contribution is 2.51. The average molecular weight is 1090 g/mol. The molecule has 1 aromatic rings. The number of aliphatic imine (C=N–C) groups is 1. The molecule has 7 rings (SSSR count). The number of aliphatic hydroxyl groups is 2. The van der Waals surface area contributed by atoms with Crippen molar-refractivity contribution in [1.82, 2.24) is 20.9 Å². The number of hydrogen-bond donors (Lipinski definition) is 6. The van der Waals surface area contributed by atoms with E-state index in [1.807, 2.05) is 13.8 Å². The third kappa shape index (κ3) is 13.5. The van der Waals surface area contributed by atoms with Crippen LogP contribution >= 0.6 is 0 Å². The first-order valence-corrected chi connectivity index (χ1v) is 27.2. The van der Waals surface area contributed by atoms with E-state index in [1.54, 1.807) is 52.8 Å². The molecule has 1 aliphatic carbocycles. The van der Waals surface area contributed by atoms with Gasteiger partial charge in [0.15, 0.2) is 0 Å². The summed E-state index contributed by atoms with van der Waals surface area (Å²) in [4.78, 5) is 110. The molecule has 6 N–H and O–H groups in total. The Hall–Kier alpha value is -6.51. The molecular weight excluding hydrogens is 1010 g/mol. The van der Waals surface area contributed by atoms with Crippen molar-refractivity contribution in [2.75, 3.05) is 19.6 Å². The van der Waals surface area contributed by atoms with Gasteiger partial charge in [0.05, 0.1) is 47.4 Å². The maximum absolute atomic E-state index is 14.9. The Morgan fingerprint density at radius 3 is 2.18 bits per heavy atom. The first-order valence-electron chi connectivity index (χ1n) is 27.2. The maximum atomic E-state index is 14.9. The van der Waals surface area contributed by atoms with Crippen molar-refractivity contribution in [1.29, 1.82) is 0 Å². The predicted octanol–water partition coefficient (Wildman–Crippen LogP) is 5.78. The normalized spacial score (nSPS) is 29.8.